The fraction of sp³-hybridized carbons (Fsp3) is 0.545. The molecule has 0 amide bonds. The monoisotopic (exact) mass is 209 g/mol. The van der Waals surface area contributed by atoms with Gasteiger partial charge in [-0.25, -0.2) is 4.79 Å². The van der Waals surface area contributed by atoms with Gasteiger partial charge in [-0.1, -0.05) is 13.3 Å². The minimum absolute atomic E-state index is 0.407. The predicted octanol–water partition coefficient (Wildman–Crippen LogP) is 1.23. The van der Waals surface area contributed by atoms with Crippen molar-refractivity contribution in [2.45, 2.75) is 25.3 Å². The van der Waals surface area contributed by atoms with Crippen molar-refractivity contribution in [3.05, 3.63) is 28.3 Å². The van der Waals surface area contributed by atoms with Crippen LogP contribution < -0.4 is 16.1 Å². The van der Waals surface area contributed by atoms with E-state index in [0.717, 1.165) is 12.8 Å². The van der Waals surface area contributed by atoms with Crippen molar-refractivity contribution in [1.82, 2.24) is 0 Å². The first-order valence-electron chi connectivity index (χ1n) is 5.08. The summed E-state index contributed by atoms with van der Waals surface area (Å²) in [6.45, 7) is 2.08. The fourth-order valence-electron chi connectivity index (χ4n) is 1.96. The van der Waals surface area contributed by atoms with E-state index in [1.54, 1.807) is 6.07 Å². The van der Waals surface area contributed by atoms with Crippen molar-refractivity contribution in [3.8, 4) is 5.75 Å². The lowest BCUT2D eigenvalue weighted by Crippen LogP contribution is -2.23. The number of nitrogens with two attached hydrogens (primary N) is 1. The molecule has 0 bridgehead atoms. The van der Waals surface area contributed by atoms with Crippen LogP contribution in [-0.2, 0) is 5.54 Å². The molecular formula is C11H15NO3. The lowest BCUT2D eigenvalue weighted by atomic mass is 10.1. The molecule has 0 aromatic carbocycles. The van der Waals surface area contributed by atoms with Gasteiger partial charge in [-0.3, -0.25) is 0 Å². The second kappa shape index (κ2) is 3.38. The SMILES string of the molecule is CC[C@H]1CC1(N)c1cc(OC)cc(=O)o1. The fourth-order valence-corrected chi connectivity index (χ4v) is 1.96. The van der Waals surface area contributed by atoms with Crippen LogP contribution in [0.2, 0.25) is 0 Å². The lowest BCUT2D eigenvalue weighted by Gasteiger charge is -2.10. The second-order valence-electron chi connectivity index (χ2n) is 4.03. The van der Waals surface area contributed by atoms with E-state index < -0.39 is 11.2 Å². The van der Waals surface area contributed by atoms with Gasteiger partial charge >= 0.3 is 5.63 Å². The van der Waals surface area contributed by atoms with Gasteiger partial charge in [-0.15, -0.1) is 0 Å². The molecule has 2 rings (SSSR count). The minimum atomic E-state index is -0.456. The average molecular weight is 209 g/mol. The molecule has 1 unspecified atom stereocenters. The third-order valence-corrected chi connectivity index (χ3v) is 3.08. The summed E-state index contributed by atoms with van der Waals surface area (Å²) in [4.78, 5) is 11.2. The van der Waals surface area contributed by atoms with Gasteiger partial charge in [0.05, 0.1) is 18.7 Å². The first-order valence-corrected chi connectivity index (χ1v) is 5.08. The van der Waals surface area contributed by atoms with Crippen LogP contribution in [0, 0.1) is 5.92 Å². The molecule has 0 saturated heterocycles. The summed E-state index contributed by atoms with van der Waals surface area (Å²) in [6.07, 6.45) is 1.87. The van der Waals surface area contributed by atoms with Crippen LogP contribution >= 0.6 is 0 Å². The third-order valence-electron chi connectivity index (χ3n) is 3.08. The summed E-state index contributed by atoms with van der Waals surface area (Å²) in [6, 6.07) is 3.02. The number of methoxy groups -OCH3 is 1. The van der Waals surface area contributed by atoms with Crippen molar-refractivity contribution < 1.29 is 9.15 Å². The summed E-state index contributed by atoms with van der Waals surface area (Å²) < 4.78 is 10.1. The highest BCUT2D eigenvalue weighted by Gasteiger charge is 2.53. The Kier molecular flexibility index (Phi) is 2.31. The van der Waals surface area contributed by atoms with E-state index in [-0.39, 0.29) is 0 Å². The van der Waals surface area contributed by atoms with Crippen LogP contribution in [0.4, 0.5) is 0 Å². The van der Waals surface area contributed by atoms with Crippen LogP contribution in [0.15, 0.2) is 21.3 Å². The molecule has 0 aliphatic heterocycles. The zero-order chi connectivity index (χ0) is 11.1. The molecule has 1 saturated carbocycles. The maximum Gasteiger partial charge on any atom is 0.339 e. The van der Waals surface area contributed by atoms with Gasteiger partial charge in [0.1, 0.15) is 11.5 Å². The summed E-state index contributed by atoms with van der Waals surface area (Å²) in [5.41, 5.74) is 5.26. The topological polar surface area (TPSA) is 65.5 Å². The van der Waals surface area contributed by atoms with Crippen LogP contribution in [0.5, 0.6) is 5.75 Å². The van der Waals surface area contributed by atoms with E-state index in [1.807, 2.05) is 0 Å². The van der Waals surface area contributed by atoms with Crippen molar-refractivity contribution in [1.29, 1.82) is 0 Å². The Morgan fingerprint density at radius 1 is 1.67 bits per heavy atom. The molecule has 0 spiro atoms. The second-order valence-corrected chi connectivity index (χ2v) is 4.03. The Hall–Kier alpha value is -1.29. The maximum atomic E-state index is 11.2. The third kappa shape index (κ3) is 1.65. The first-order chi connectivity index (χ1) is 7.10. The summed E-state index contributed by atoms with van der Waals surface area (Å²) in [5.74, 6) is 1.46. The largest absolute Gasteiger partial charge is 0.496 e. The molecule has 82 valence electrons. The van der Waals surface area contributed by atoms with E-state index in [9.17, 15) is 4.79 Å². The molecule has 2 atom stereocenters. The molecule has 4 heteroatoms. The standard InChI is InChI=1S/C11H15NO3/c1-3-7-6-11(7,12)9-4-8(14-2)5-10(13)15-9/h4-5,7H,3,6,12H2,1-2H3/t7-,11?/m0/s1. The van der Waals surface area contributed by atoms with Gasteiger partial charge < -0.3 is 14.9 Å². The zero-order valence-corrected chi connectivity index (χ0v) is 8.95. The van der Waals surface area contributed by atoms with Gasteiger partial charge in [0.25, 0.3) is 0 Å². The zero-order valence-electron chi connectivity index (χ0n) is 8.95. The maximum absolute atomic E-state index is 11.2. The van der Waals surface area contributed by atoms with Gasteiger partial charge in [-0.05, 0) is 12.3 Å². The smallest absolute Gasteiger partial charge is 0.339 e. The molecular weight excluding hydrogens is 194 g/mol. The molecule has 1 aliphatic rings. The Morgan fingerprint density at radius 2 is 2.40 bits per heavy atom. The Bertz CT molecular complexity index is 426. The van der Waals surface area contributed by atoms with Crippen LogP contribution in [0.25, 0.3) is 0 Å². The molecule has 15 heavy (non-hydrogen) atoms. The normalized spacial score (nSPS) is 28.9. The van der Waals surface area contributed by atoms with Crippen LogP contribution in [-0.4, -0.2) is 7.11 Å². The van der Waals surface area contributed by atoms with E-state index in [1.165, 1.54) is 13.2 Å². The number of rotatable bonds is 3. The van der Waals surface area contributed by atoms with Crippen molar-refractivity contribution in [2.24, 2.45) is 11.7 Å². The molecule has 1 aliphatic carbocycles. The van der Waals surface area contributed by atoms with Gasteiger partial charge in [0.15, 0.2) is 0 Å². The first kappa shape index (κ1) is 10.2. The van der Waals surface area contributed by atoms with E-state index in [0.29, 0.717) is 17.4 Å². The molecule has 4 nitrogen and oxygen atoms in total. The summed E-state index contributed by atoms with van der Waals surface area (Å²) >= 11 is 0. The van der Waals surface area contributed by atoms with Gasteiger partial charge in [0, 0.05) is 6.07 Å². The summed E-state index contributed by atoms with van der Waals surface area (Å²) in [5, 5.41) is 0. The average Bonchev–Trinajstić information content (AvgIpc) is 2.90. The van der Waals surface area contributed by atoms with Crippen molar-refractivity contribution in [3.63, 3.8) is 0 Å². The highest BCUT2D eigenvalue weighted by atomic mass is 16.5. The quantitative estimate of drug-likeness (QED) is 0.813. The van der Waals surface area contributed by atoms with Crippen LogP contribution in [0.3, 0.4) is 0 Å². The number of hydrogen-bond acceptors (Lipinski definition) is 4. The van der Waals surface area contributed by atoms with E-state index in [2.05, 4.69) is 6.92 Å². The molecule has 2 N–H and O–H groups in total. The molecule has 1 heterocycles. The number of ether oxygens (including phenoxy) is 1. The Morgan fingerprint density at radius 3 is 2.93 bits per heavy atom. The van der Waals surface area contributed by atoms with Gasteiger partial charge in [-0.2, -0.15) is 0 Å². The summed E-state index contributed by atoms with van der Waals surface area (Å²) in [7, 11) is 1.52. The predicted molar refractivity (Wildman–Crippen MR) is 55.8 cm³/mol. The van der Waals surface area contributed by atoms with Crippen LogP contribution in [0.1, 0.15) is 25.5 Å². The van der Waals surface area contributed by atoms with Crippen molar-refractivity contribution in [2.75, 3.05) is 7.11 Å². The number of hydrogen-bond donors (Lipinski definition) is 1. The molecule has 1 fully saturated rings. The van der Waals surface area contributed by atoms with Gasteiger partial charge in [0.2, 0.25) is 0 Å². The highest BCUT2D eigenvalue weighted by molar-refractivity contribution is 5.29. The van der Waals surface area contributed by atoms with E-state index in [4.69, 9.17) is 14.9 Å². The minimum Gasteiger partial charge on any atom is -0.496 e. The molecule has 0 radical (unpaired) electrons. The Labute approximate surface area is 88.0 Å². The molecule has 1 aromatic rings. The Balaban J connectivity index is 2.37. The highest BCUT2D eigenvalue weighted by Crippen LogP contribution is 2.51. The van der Waals surface area contributed by atoms with Crippen molar-refractivity contribution >= 4 is 0 Å². The lowest BCUT2D eigenvalue weighted by molar-refractivity contribution is 0.369. The van der Waals surface area contributed by atoms with E-state index >= 15 is 0 Å². The molecule has 1 aromatic heterocycles.